The molecule has 1 heterocycles. The summed E-state index contributed by atoms with van der Waals surface area (Å²) in [6, 6.07) is 7.44. The highest BCUT2D eigenvalue weighted by atomic mass is 19.4. The molecule has 4 nitrogen and oxygen atoms in total. The van der Waals surface area contributed by atoms with Crippen LogP contribution in [-0.4, -0.2) is 12.1 Å². The van der Waals surface area contributed by atoms with Gasteiger partial charge in [0.1, 0.15) is 17.5 Å². The molecule has 2 aromatic rings. The molecule has 0 aliphatic rings. The maximum atomic E-state index is 12.4. The topological polar surface area (TPSA) is 55.1 Å². The van der Waals surface area contributed by atoms with Crippen LogP contribution in [0.1, 0.15) is 11.3 Å². The summed E-state index contributed by atoms with van der Waals surface area (Å²) in [7, 11) is 1.39. The lowest BCUT2D eigenvalue weighted by Crippen LogP contribution is -2.04. The second-order valence-electron chi connectivity index (χ2n) is 3.96. The third-order valence-electron chi connectivity index (χ3n) is 2.58. The molecule has 0 N–H and O–H groups in total. The fourth-order valence-corrected chi connectivity index (χ4v) is 1.56. The van der Waals surface area contributed by atoms with Crippen LogP contribution in [0.5, 0.6) is 17.2 Å². The van der Waals surface area contributed by atoms with Gasteiger partial charge in [-0.3, -0.25) is 0 Å². The van der Waals surface area contributed by atoms with E-state index in [1.807, 2.05) is 6.07 Å². The number of halogens is 3. The van der Waals surface area contributed by atoms with E-state index < -0.39 is 11.7 Å². The summed E-state index contributed by atoms with van der Waals surface area (Å²) >= 11 is 0. The van der Waals surface area contributed by atoms with Crippen molar-refractivity contribution in [2.75, 3.05) is 7.11 Å². The number of ether oxygens (including phenoxy) is 2. The molecule has 0 fully saturated rings. The minimum Gasteiger partial charge on any atom is -0.493 e. The lowest BCUT2D eigenvalue weighted by molar-refractivity contribution is -0.137. The van der Waals surface area contributed by atoms with Crippen molar-refractivity contribution in [1.29, 1.82) is 5.26 Å². The molecule has 108 valence electrons. The Hall–Kier alpha value is -2.75. The molecular weight excluding hydrogens is 285 g/mol. The summed E-state index contributed by atoms with van der Waals surface area (Å²) in [5.41, 5.74) is -0.619. The number of methoxy groups -OCH3 is 1. The Kier molecular flexibility index (Phi) is 3.98. The van der Waals surface area contributed by atoms with Gasteiger partial charge in [0.2, 0.25) is 0 Å². The zero-order valence-corrected chi connectivity index (χ0v) is 10.8. The van der Waals surface area contributed by atoms with Crippen LogP contribution in [0.4, 0.5) is 13.2 Å². The van der Waals surface area contributed by atoms with Crippen molar-refractivity contribution in [1.82, 2.24) is 4.98 Å². The number of pyridine rings is 1. The maximum Gasteiger partial charge on any atom is 0.416 e. The smallest absolute Gasteiger partial charge is 0.416 e. The standard InChI is InChI=1S/C14H9F3N2O2/c1-20-12-6-10(7-18)19-8-13(12)21-11-4-2-9(3-5-11)14(15,16)17/h2-6,8H,1H3. The van der Waals surface area contributed by atoms with E-state index >= 15 is 0 Å². The average molecular weight is 294 g/mol. The van der Waals surface area contributed by atoms with E-state index in [-0.39, 0.29) is 22.9 Å². The predicted molar refractivity (Wildman–Crippen MR) is 67.0 cm³/mol. The summed E-state index contributed by atoms with van der Waals surface area (Å²) < 4.78 is 47.8. The number of nitriles is 1. The average Bonchev–Trinajstić information content (AvgIpc) is 2.47. The Labute approximate surface area is 118 Å². The highest BCUT2D eigenvalue weighted by Gasteiger charge is 2.30. The van der Waals surface area contributed by atoms with Crippen molar-refractivity contribution in [2.24, 2.45) is 0 Å². The highest BCUT2D eigenvalue weighted by molar-refractivity contribution is 5.44. The van der Waals surface area contributed by atoms with Crippen LogP contribution in [0.25, 0.3) is 0 Å². The number of hydrogen-bond acceptors (Lipinski definition) is 4. The molecule has 0 bridgehead atoms. The monoisotopic (exact) mass is 294 g/mol. The molecule has 0 aliphatic carbocycles. The van der Waals surface area contributed by atoms with Crippen LogP contribution in [-0.2, 0) is 6.18 Å². The fourth-order valence-electron chi connectivity index (χ4n) is 1.56. The van der Waals surface area contributed by atoms with Crippen LogP contribution in [0.2, 0.25) is 0 Å². The number of benzene rings is 1. The third-order valence-corrected chi connectivity index (χ3v) is 2.58. The number of nitrogens with zero attached hydrogens (tertiary/aromatic N) is 2. The molecule has 0 atom stereocenters. The van der Waals surface area contributed by atoms with Gasteiger partial charge in [-0.1, -0.05) is 0 Å². The summed E-state index contributed by atoms with van der Waals surface area (Å²) in [6.07, 6.45) is -3.12. The van der Waals surface area contributed by atoms with Crippen LogP contribution >= 0.6 is 0 Å². The first-order chi connectivity index (χ1) is 9.94. The van der Waals surface area contributed by atoms with Crippen LogP contribution in [0, 0.1) is 11.3 Å². The van der Waals surface area contributed by atoms with Gasteiger partial charge in [0.25, 0.3) is 0 Å². The van der Waals surface area contributed by atoms with Gasteiger partial charge in [0.15, 0.2) is 11.5 Å². The lowest BCUT2D eigenvalue weighted by atomic mass is 10.2. The molecule has 2 rings (SSSR count). The van der Waals surface area contributed by atoms with E-state index in [9.17, 15) is 13.2 Å². The predicted octanol–water partition coefficient (Wildman–Crippen LogP) is 3.77. The van der Waals surface area contributed by atoms with Gasteiger partial charge in [0.05, 0.1) is 18.9 Å². The van der Waals surface area contributed by atoms with Gasteiger partial charge in [0, 0.05) is 6.07 Å². The van der Waals surface area contributed by atoms with Crippen molar-refractivity contribution in [3.63, 3.8) is 0 Å². The Morgan fingerprint density at radius 3 is 2.33 bits per heavy atom. The van der Waals surface area contributed by atoms with Crippen molar-refractivity contribution < 1.29 is 22.6 Å². The van der Waals surface area contributed by atoms with Gasteiger partial charge in [-0.15, -0.1) is 0 Å². The Balaban J connectivity index is 2.24. The molecule has 0 amide bonds. The summed E-state index contributed by atoms with van der Waals surface area (Å²) in [5, 5.41) is 8.73. The van der Waals surface area contributed by atoms with Gasteiger partial charge >= 0.3 is 6.18 Å². The van der Waals surface area contributed by atoms with Gasteiger partial charge in [-0.05, 0) is 24.3 Å². The van der Waals surface area contributed by atoms with E-state index in [0.717, 1.165) is 12.1 Å². The lowest BCUT2D eigenvalue weighted by Gasteiger charge is -2.11. The third kappa shape index (κ3) is 3.42. The molecule has 0 spiro atoms. The summed E-state index contributed by atoms with van der Waals surface area (Å²) in [4.78, 5) is 3.81. The van der Waals surface area contributed by atoms with Crippen molar-refractivity contribution >= 4 is 0 Å². The van der Waals surface area contributed by atoms with E-state index in [1.54, 1.807) is 0 Å². The highest BCUT2D eigenvalue weighted by Crippen LogP contribution is 2.34. The van der Waals surface area contributed by atoms with Gasteiger partial charge in [-0.2, -0.15) is 18.4 Å². The number of hydrogen-bond donors (Lipinski definition) is 0. The Morgan fingerprint density at radius 2 is 1.81 bits per heavy atom. The largest absolute Gasteiger partial charge is 0.493 e. The molecule has 1 aromatic heterocycles. The van der Waals surface area contributed by atoms with Gasteiger partial charge in [-0.25, -0.2) is 4.98 Å². The van der Waals surface area contributed by atoms with E-state index in [4.69, 9.17) is 14.7 Å². The molecule has 0 aliphatic heterocycles. The molecule has 21 heavy (non-hydrogen) atoms. The molecule has 0 radical (unpaired) electrons. The van der Waals surface area contributed by atoms with Crippen LogP contribution < -0.4 is 9.47 Å². The SMILES string of the molecule is COc1cc(C#N)ncc1Oc1ccc(C(F)(F)F)cc1. The van der Waals surface area contributed by atoms with Crippen molar-refractivity contribution in [3.8, 4) is 23.3 Å². The van der Waals surface area contributed by atoms with E-state index in [2.05, 4.69) is 4.98 Å². The number of rotatable bonds is 3. The zero-order chi connectivity index (χ0) is 15.5. The van der Waals surface area contributed by atoms with Gasteiger partial charge < -0.3 is 9.47 Å². The number of alkyl halides is 3. The van der Waals surface area contributed by atoms with Crippen molar-refractivity contribution in [2.45, 2.75) is 6.18 Å². The first-order valence-electron chi connectivity index (χ1n) is 5.73. The Bertz CT molecular complexity index is 676. The number of aromatic nitrogens is 1. The van der Waals surface area contributed by atoms with Crippen molar-refractivity contribution in [3.05, 3.63) is 47.8 Å². The quantitative estimate of drug-likeness (QED) is 0.864. The second kappa shape index (κ2) is 5.71. The first-order valence-corrected chi connectivity index (χ1v) is 5.73. The Morgan fingerprint density at radius 1 is 1.14 bits per heavy atom. The molecular formula is C14H9F3N2O2. The normalized spacial score (nSPS) is 10.8. The van der Waals surface area contributed by atoms with Crippen LogP contribution in [0.15, 0.2) is 36.5 Å². The summed E-state index contributed by atoms with van der Waals surface area (Å²) in [5.74, 6) is 0.672. The minimum absolute atomic E-state index is 0.145. The molecule has 0 saturated carbocycles. The molecule has 7 heteroatoms. The maximum absolute atomic E-state index is 12.4. The first kappa shape index (κ1) is 14.7. The summed E-state index contributed by atoms with van der Waals surface area (Å²) in [6.45, 7) is 0. The molecule has 0 unspecified atom stereocenters. The minimum atomic E-state index is -4.40. The molecule has 1 aromatic carbocycles. The van der Waals surface area contributed by atoms with E-state index in [1.165, 1.54) is 31.5 Å². The molecule has 0 saturated heterocycles. The van der Waals surface area contributed by atoms with E-state index in [0.29, 0.717) is 0 Å². The van der Waals surface area contributed by atoms with Crippen LogP contribution in [0.3, 0.4) is 0 Å². The second-order valence-corrected chi connectivity index (χ2v) is 3.96. The zero-order valence-electron chi connectivity index (χ0n) is 10.8. The fraction of sp³-hybridized carbons (Fsp3) is 0.143.